The average Bonchev–Trinajstić information content (AvgIpc) is 3.31. The van der Waals surface area contributed by atoms with Crippen LogP contribution in [-0.2, 0) is 23.7 Å². The van der Waals surface area contributed by atoms with Crippen molar-refractivity contribution in [1.29, 1.82) is 0 Å². The van der Waals surface area contributed by atoms with Gasteiger partial charge in [0, 0.05) is 11.5 Å². The lowest BCUT2D eigenvalue weighted by Crippen LogP contribution is -2.14. The highest BCUT2D eigenvalue weighted by Crippen LogP contribution is 2.16. The number of rotatable bonds is 21. The van der Waals surface area contributed by atoms with Gasteiger partial charge in [-0.25, -0.2) is 0 Å². The molecule has 6 nitrogen and oxygen atoms in total. The highest BCUT2D eigenvalue weighted by molar-refractivity contribution is 7.80. The second kappa shape index (κ2) is 19.1. The fraction of sp³-hybridized carbons (Fsp3) is 0.600. The molecule has 0 saturated heterocycles. The minimum absolute atomic E-state index is 0.502. The van der Waals surface area contributed by atoms with Gasteiger partial charge in [-0.3, -0.25) is 0 Å². The molecule has 0 N–H and O–H groups in total. The molecule has 0 unspecified atom stereocenters. The lowest BCUT2D eigenvalue weighted by atomic mass is 10.1. The van der Waals surface area contributed by atoms with Crippen LogP contribution in [0.2, 0.25) is 0 Å². The topological polar surface area (TPSA) is 55.4 Å². The molecule has 0 saturated carbocycles. The van der Waals surface area contributed by atoms with Crippen LogP contribution in [0.5, 0.6) is 5.75 Å². The van der Waals surface area contributed by atoms with E-state index in [2.05, 4.69) is 30.9 Å². The van der Waals surface area contributed by atoms with Gasteiger partial charge in [0.25, 0.3) is 0 Å². The van der Waals surface area contributed by atoms with E-state index in [0.717, 1.165) is 36.5 Å². The standard InChI is InChI=1S/C25H38O6S/c32-25-10-5-9-24(22-25)31-21-20-30-19-18-29-17-16-28-15-14-27-13-12-26-11-4-3-8-23-6-1-2-7-23/h1,5-7,9-10,22,32H,2-4,8,11-21H2. The molecule has 1 aromatic rings. The largest absolute Gasteiger partial charge is 0.491 e. The van der Waals surface area contributed by atoms with Gasteiger partial charge < -0.3 is 28.4 Å². The molecule has 7 heteroatoms. The van der Waals surface area contributed by atoms with Crippen LogP contribution in [0.3, 0.4) is 0 Å². The first-order valence-corrected chi connectivity index (χ1v) is 12.0. The van der Waals surface area contributed by atoms with Crippen LogP contribution in [-0.4, -0.2) is 72.7 Å². The Hall–Kier alpha value is -1.35. The van der Waals surface area contributed by atoms with Crippen molar-refractivity contribution in [3.8, 4) is 5.75 Å². The van der Waals surface area contributed by atoms with Gasteiger partial charge in [-0.15, -0.1) is 12.6 Å². The minimum Gasteiger partial charge on any atom is -0.491 e. The van der Waals surface area contributed by atoms with Gasteiger partial charge in [-0.05, 0) is 43.9 Å². The van der Waals surface area contributed by atoms with Crippen LogP contribution in [0.15, 0.2) is 53.0 Å². The Bertz CT molecular complexity index is 649. The molecule has 0 heterocycles. The molecule has 0 atom stereocenters. The van der Waals surface area contributed by atoms with Crippen LogP contribution in [0.4, 0.5) is 0 Å². The third kappa shape index (κ3) is 14.7. The minimum atomic E-state index is 0.502. The summed E-state index contributed by atoms with van der Waals surface area (Å²) in [5.41, 5.74) is 1.46. The predicted octanol–water partition coefficient (Wildman–Crippen LogP) is 4.49. The first kappa shape index (κ1) is 26.9. The van der Waals surface area contributed by atoms with Crippen molar-refractivity contribution in [3.63, 3.8) is 0 Å². The smallest absolute Gasteiger partial charge is 0.120 e. The summed E-state index contributed by atoms with van der Waals surface area (Å²) in [5.74, 6) is 0.798. The zero-order valence-electron chi connectivity index (χ0n) is 19.0. The highest BCUT2D eigenvalue weighted by Gasteiger charge is 1.98. The predicted molar refractivity (Wildman–Crippen MR) is 129 cm³/mol. The molecule has 0 bridgehead atoms. The Morgan fingerprint density at radius 2 is 1.28 bits per heavy atom. The number of unbranched alkanes of at least 4 members (excludes halogenated alkanes) is 1. The Balaban J connectivity index is 1.21. The molecule has 0 aromatic heterocycles. The zero-order chi connectivity index (χ0) is 22.5. The van der Waals surface area contributed by atoms with Crippen molar-refractivity contribution in [1.82, 2.24) is 0 Å². The fourth-order valence-corrected chi connectivity index (χ4v) is 3.21. The van der Waals surface area contributed by atoms with Gasteiger partial charge in [-0.2, -0.15) is 0 Å². The van der Waals surface area contributed by atoms with Crippen LogP contribution in [0, 0.1) is 0 Å². The monoisotopic (exact) mass is 466 g/mol. The molecule has 180 valence electrons. The van der Waals surface area contributed by atoms with Crippen LogP contribution in [0.1, 0.15) is 25.7 Å². The van der Waals surface area contributed by atoms with E-state index in [4.69, 9.17) is 28.4 Å². The molecule has 0 spiro atoms. The van der Waals surface area contributed by atoms with Crippen LogP contribution < -0.4 is 4.74 Å². The Morgan fingerprint density at radius 3 is 1.84 bits per heavy atom. The number of thiol groups is 1. The van der Waals surface area contributed by atoms with Gasteiger partial charge in [0.2, 0.25) is 0 Å². The van der Waals surface area contributed by atoms with Crippen LogP contribution >= 0.6 is 12.6 Å². The molecule has 0 aliphatic heterocycles. The van der Waals surface area contributed by atoms with E-state index >= 15 is 0 Å². The highest BCUT2D eigenvalue weighted by atomic mass is 32.1. The number of benzene rings is 1. The summed E-state index contributed by atoms with van der Waals surface area (Å²) in [6.45, 7) is 6.37. The van der Waals surface area contributed by atoms with Crippen molar-refractivity contribution in [2.24, 2.45) is 0 Å². The first-order valence-electron chi connectivity index (χ1n) is 11.5. The van der Waals surface area contributed by atoms with E-state index in [-0.39, 0.29) is 0 Å². The molecule has 32 heavy (non-hydrogen) atoms. The molecule has 1 aliphatic carbocycles. The number of hydrogen-bond acceptors (Lipinski definition) is 7. The van der Waals surface area contributed by atoms with E-state index in [1.807, 2.05) is 24.3 Å². The van der Waals surface area contributed by atoms with Gasteiger partial charge in [-0.1, -0.05) is 29.9 Å². The van der Waals surface area contributed by atoms with Crippen molar-refractivity contribution in [3.05, 3.63) is 48.1 Å². The van der Waals surface area contributed by atoms with E-state index in [9.17, 15) is 0 Å². The van der Waals surface area contributed by atoms with Gasteiger partial charge in [0.1, 0.15) is 12.4 Å². The summed E-state index contributed by atoms with van der Waals surface area (Å²) in [5, 5.41) is 0. The lowest BCUT2D eigenvalue weighted by Gasteiger charge is -2.09. The van der Waals surface area contributed by atoms with E-state index in [1.54, 1.807) is 0 Å². The molecule has 2 rings (SSSR count). The maximum Gasteiger partial charge on any atom is 0.120 e. The van der Waals surface area contributed by atoms with E-state index in [0.29, 0.717) is 66.1 Å². The number of allylic oxidation sites excluding steroid dienone is 4. The Kier molecular flexibility index (Phi) is 16.1. The maximum absolute atomic E-state index is 5.59. The van der Waals surface area contributed by atoms with E-state index in [1.165, 1.54) is 12.0 Å². The third-order valence-corrected chi connectivity index (χ3v) is 4.93. The molecule has 0 amide bonds. The van der Waals surface area contributed by atoms with E-state index < -0.39 is 0 Å². The molecule has 0 radical (unpaired) electrons. The Labute approximate surface area is 198 Å². The van der Waals surface area contributed by atoms with Crippen LogP contribution in [0.25, 0.3) is 0 Å². The summed E-state index contributed by atoms with van der Waals surface area (Å²) in [6.07, 6.45) is 11.3. The summed E-state index contributed by atoms with van der Waals surface area (Å²) < 4.78 is 33.1. The van der Waals surface area contributed by atoms with Crippen molar-refractivity contribution in [2.45, 2.75) is 30.6 Å². The fourth-order valence-electron chi connectivity index (χ4n) is 3.00. The van der Waals surface area contributed by atoms with Gasteiger partial charge in [0.15, 0.2) is 0 Å². The normalized spacial score (nSPS) is 13.0. The maximum atomic E-state index is 5.59. The average molecular weight is 467 g/mol. The molecule has 0 fully saturated rings. The lowest BCUT2D eigenvalue weighted by molar-refractivity contribution is -0.0128. The van der Waals surface area contributed by atoms with Gasteiger partial charge in [0.05, 0.1) is 59.5 Å². The zero-order valence-corrected chi connectivity index (χ0v) is 19.9. The molecule has 1 aromatic carbocycles. The quantitative estimate of drug-likeness (QED) is 0.213. The van der Waals surface area contributed by atoms with Crippen molar-refractivity contribution >= 4 is 12.6 Å². The number of hydrogen-bond donors (Lipinski definition) is 1. The molecule has 1 aliphatic rings. The van der Waals surface area contributed by atoms with Crippen molar-refractivity contribution < 1.29 is 28.4 Å². The number of ether oxygens (including phenoxy) is 6. The SMILES string of the molecule is Sc1cccc(OCCOCCOCCOCCOCCOCCCCC2=CCC=C2)c1. The summed E-state index contributed by atoms with van der Waals surface area (Å²) >= 11 is 4.28. The van der Waals surface area contributed by atoms with Gasteiger partial charge >= 0.3 is 0 Å². The first-order chi connectivity index (χ1) is 15.8. The second-order valence-electron chi connectivity index (χ2n) is 7.28. The molecular weight excluding hydrogens is 428 g/mol. The second-order valence-corrected chi connectivity index (χ2v) is 7.80. The Morgan fingerprint density at radius 1 is 0.688 bits per heavy atom. The summed E-state index contributed by atoms with van der Waals surface area (Å²) in [4.78, 5) is 0.881. The third-order valence-electron chi connectivity index (χ3n) is 4.65. The van der Waals surface area contributed by atoms with Crippen molar-refractivity contribution in [2.75, 3.05) is 72.7 Å². The summed E-state index contributed by atoms with van der Waals surface area (Å²) in [6, 6.07) is 7.60. The summed E-state index contributed by atoms with van der Waals surface area (Å²) in [7, 11) is 0. The molecular formula is C25H38O6S.